The van der Waals surface area contributed by atoms with Gasteiger partial charge < -0.3 is 15.4 Å². The Morgan fingerprint density at radius 3 is 2.45 bits per heavy atom. The van der Waals surface area contributed by atoms with Crippen LogP contribution < -0.4 is 10.6 Å². The molecule has 6 nitrogen and oxygen atoms in total. The highest BCUT2D eigenvalue weighted by molar-refractivity contribution is 5.79. The minimum absolute atomic E-state index is 0.623. The predicted molar refractivity (Wildman–Crippen MR) is 117 cm³/mol. The van der Waals surface area contributed by atoms with Gasteiger partial charge in [-0.15, -0.1) is 0 Å². The smallest absolute Gasteiger partial charge is 0.191 e. The standard InChI is InChI=1S/C23H29N5O/c1-3-24-23(25-15-19-9-11-20(12-10-19)18-29-2)26-16-21-7-4-5-8-22(21)17-28-14-6-13-27-28/h4-14H,3,15-18H2,1-2H3,(H2,24,25,26). The highest BCUT2D eigenvalue weighted by Gasteiger charge is 2.05. The molecule has 3 aromatic rings. The fraction of sp³-hybridized carbons (Fsp3) is 0.304. The SMILES string of the molecule is CCNC(=NCc1ccc(COC)cc1)NCc1ccccc1Cn1cccn1. The molecule has 6 heteroatoms. The van der Waals surface area contributed by atoms with E-state index in [1.807, 2.05) is 16.9 Å². The second-order valence-corrected chi connectivity index (χ2v) is 6.77. The normalized spacial score (nSPS) is 11.4. The molecule has 0 aliphatic heterocycles. The van der Waals surface area contributed by atoms with E-state index in [2.05, 4.69) is 71.2 Å². The van der Waals surface area contributed by atoms with Crippen LogP contribution in [0, 0.1) is 0 Å². The summed E-state index contributed by atoms with van der Waals surface area (Å²) >= 11 is 0. The number of hydrogen-bond donors (Lipinski definition) is 2. The number of aliphatic imine (C=N–C) groups is 1. The van der Waals surface area contributed by atoms with Gasteiger partial charge in [0.1, 0.15) is 0 Å². The zero-order chi connectivity index (χ0) is 20.3. The summed E-state index contributed by atoms with van der Waals surface area (Å²) in [6.07, 6.45) is 3.78. The van der Waals surface area contributed by atoms with E-state index in [4.69, 9.17) is 9.73 Å². The van der Waals surface area contributed by atoms with Crippen molar-refractivity contribution in [1.29, 1.82) is 0 Å². The number of methoxy groups -OCH3 is 1. The van der Waals surface area contributed by atoms with Gasteiger partial charge in [-0.3, -0.25) is 4.68 Å². The zero-order valence-corrected chi connectivity index (χ0v) is 17.1. The largest absolute Gasteiger partial charge is 0.380 e. The highest BCUT2D eigenvalue weighted by Crippen LogP contribution is 2.10. The van der Waals surface area contributed by atoms with Gasteiger partial charge in [-0.1, -0.05) is 48.5 Å². The molecule has 0 amide bonds. The number of nitrogens with zero attached hydrogens (tertiary/aromatic N) is 3. The van der Waals surface area contributed by atoms with Gasteiger partial charge in [-0.05, 0) is 35.2 Å². The number of rotatable bonds is 9. The maximum atomic E-state index is 5.16. The Balaban J connectivity index is 1.62. The van der Waals surface area contributed by atoms with Crippen molar-refractivity contribution >= 4 is 5.96 Å². The summed E-state index contributed by atoms with van der Waals surface area (Å²) in [5, 5.41) is 11.1. The van der Waals surface area contributed by atoms with Crippen LogP contribution in [0.15, 0.2) is 72.0 Å². The van der Waals surface area contributed by atoms with Gasteiger partial charge in [-0.25, -0.2) is 4.99 Å². The molecule has 0 bridgehead atoms. The lowest BCUT2D eigenvalue weighted by Gasteiger charge is -2.14. The fourth-order valence-electron chi connectivity index (χ4n) is 3.05. The van der Waals surface area contributed by atoms with Gasteiger partial charge in [-0.2, -0.15) is 5.10 Å². The van der Waals surface area contributed by atoms with E-state index in [1.165, 1.54) is 22.3 Å². The van der Waals surface area contributed by atoms with Gasteiger partial charge in [0, 0.05) is 32.6 Å². The Bertz CT molecular complexity index is 888. The molecular formula is C23H29N5O. The Hall–Kier alpha value is -3.12. The summed E-state index contributed by atoms with van der Waals surface area (Å²) in [4.78, 5) is 4.73. The molecule has 0 aliphatic rings. The van der Waals surface area contributed by atoms with Crippen molar-refractivity contribution in [3.63, 3.8) is 0 Å². The number of ether oxygens (including phenoxy) is 1. The van der Waals surface area contributed by atoms with Crippen molar-refractivity contribution in [1.82, 2.24) is 20.4 Å². The Labute approximate surface area is 172 Å². The summed E-state index contributed by atoms with van der Waals surface area (Å²) in [6, 6.07) is 18.7. The maximum Gasteiger partial charge on any atom is 0.191 e. The monoisotopic (exact) mass is 391 g/mol. The van der Waals surface area contributed by atoms with E-state index >= 15 is 0 Å². The highest BCUT2D eigenvalue weighted by atomic mass is 16.5. The van der Waals surface area contributed by atoms with Crippen LogP contribution in [0.2, 0.25) is 0 Å². The van der Waals surface area contributed by atoms with Crippen molar-refractivity contribution in [2.24, 2.45) is 4.99 Å². The topological polar surface area (TPSA) is 63.5 Å². The summed E-state index contributed by atoms with van der Waals surface area (Å²) in [6.45, 7) is 5.60. The zero-order valence-electron chi connectivity index (χ0n) is 17.1. The van der Waals surface area contributed by atoms with Crippen LogP contribution in [0.25, 0.3) is 0 Å². The van der Waals surface area contributed by atoms with Crippen LogP contribution in [-0.2, 0) is 31.0 Å². The van der Waals surface area contributed by atoms with Crippen LogP contribution in [0.3, 0.4) is 0 Å². The lowest BCUT2D eigenvalue weighted by molar-refractivity contribution is 0.185. The molecule has 0 spiro atoms. The summed E-state index contributed by atoms with van der Waals surface area (Å²) in [7, 11) is 1.71. The Morgan fingerprint density at radius 2 is 1.76 bits per heavy atom. The van der Waals surface area contributed by atoms with Crippen molar-refractivity contribution in [3.05, 3.63) is 89.2 Å². The minimum Gasteiger partial charge on any atom is -0.380 e. The maximum absolute atomic E-state index is 5.16. The minimum atomic E-state index is 0.623. The lowest BCUT2D eigenvalue weighted by Crippen LogP contribution is -2.37. The number of nitrogens with one attached hydrogen (secondary N) is 2. The molecule has 2 aromatic carbocycles. The second-order valence-electron chi connectivity index (χ2n) is 6.77. The summed E-state index contributed by atoms with van der Waals surface area (Å²) in [5.41, 5.74) is 4.81. The van der Waals surface area contributed by atoms with Crippen molar-refractivity contribution in [2.75, 3.05) is 13.7 Å². The molecule has 3 rings (SSSR count). The first-order chi connectivity index (χ1) is 14.3. The van der Waals surface area contributed by atoms with Gasteiger partial charge in [0.05, 0.1) is 19.7 Å². The van der Waals surface area contributed by atoms with Gasteiger partial charge >= 0.3 is 0 Å². The van der Waals surface area contributed by atoms with Crippen molar-refractivity contribution in [2.45, 2.75) is 33.2 Å². The first kappa shape index (κ1) is 20.6. The molecule has 0 fully saturated rings. The quantitative estimate of drug-likeness (QED) is 0.434. The lowest BCUT2D eigenvalue weighted by atomic mass is 10.1. The predicted octanol–water partition coefficient (Wildman–Crippen LogP) is 3.33. The molecular weight excluding hydrogens is 362 g/mol. The van der Waals surface area contributed by atoms with E-state index in [0.29, 0.717) is 19.7 Å². The van der Waals surface area contributed by atoms with Gasteiger partial charge in [0.2, 0.25) is 0 Å². The third kappa shape index (κ3) is 6.47. The van der Waals surface area contributed by atoms with Crippen LogP contribution >= 0.6 is 0 Å². The molecule has 1 heterocycles. The average Bonchev–Trinajstić information content (AvgIpc) is 3.25. The molecule has 29 heavy (non-hydrogen) atoms. The first-order valence-electron chi connectivity index (χ1n) is 9.91. The van der Waals surface area contributed by atoms with Crippen LogP contribution in [0.5, 0.6) is 0 Å². The number of benzene rings is 2. The van der Waals surface area contributed by atoms with Crippen molar-refractivity contribution < 1.29 is 4.74 Å². The Morgan fingerprint density at radius 1 is 1.00 bits per heavy atom. The number of aromatic nitrogens is 2. The van der Waals surface area contributed by atoms with Gasteiger partial charge in [0.25, 0.3) is 0 Å². The van der Waals surface area contributed by atoms with Gasteiger partial charge in [0.15, 0.2) is 5.96 Å². The third-order valence-corrected chi connectivity index (χ3v) is 4.55. The summed E-state index contributed by atoms with van der Waals surface area (Å²) in [5.74, 6) is 0.808. The van der Waals surface area contributed by atoms with Crippen LogP contribution in [-0.4, -0.2) is 29.4 Å². The van der Waals surface area contributed by atoms with Crippen LogP contribution in [0.4, 0.5) is 0 Å². The average molecular weight is 392 g/mol. The van der Waals surface area contributed by atoms with E-state index < -0.39 is 0 Å². The molecule has 1 aromatic heterocycles. The molecule has 152 valence electrons. The molecule has 0 aliphatic carbocycles. The van der Waals surface area contributed by atoms with E-state index in [9.17, 15) is 0 Å². The fourth-order valence-corrected chi connectivity index (χ4v) is 3.05. The Kier molecular flexibility index (Phi) is 7.83. The molecule has 0 saturated carbocycles. The number of hydrogen-bond acceptors (Lipinski definition) is 3. The molecule has 0 unspecified atom stereocenters. The molecule has 2 N–H and O–H groups in total. The molecule has 0 saturated heterocycles. The second kappa shape index (κ2) is 11.0. The summed E-state index contributed by atoms with van der Waals surface area (Å²) < 4.78 is 7.10. The van der Waals surface area contributed by atoms with Crippen molar-refractivity contribution in [3.8, 4) is 0 Å². The molecule has 0 radical (unpaired) electrons. The first-order valence-corrected chi connectivity index (χ1v) is 9.91. The number of guanidine groups is 1. The third-order valence-electron chi connectivity index (χ3n) is 4.55. The van der Waals surface area contributed by atoms with E-state index in [1.54, 1.807) is 13.3 Å². The van der Waals surface area contributed by atoms with E-state index in [-0.39, 0.29) is 0 Å². The molecule has 0 atom stereocenters. The van der Waals surface area contributed by atoms with Crippen LogP contribution in [0.1, 0.15) is 29.2 Å². The van der Waals surface area contributed by atoms with E-state index in [0.717, 1.165) is 19.0 Å².